The van der Waals surface area contributed by atoms with Gasteiger partial charge in [0.15, 0.2) is 6.61 Å². The Morgan fingerprint density at radius 1 is 1.31 bits per heavy atom. The normalized spacial score (nSPS) is 22.8. The molecule has 2 heterocycles. The molecular formula is C21H32N2O3. The van der Waals surface area contributed by atoms with E-state index < -0.39 is 0 Å². The third-order valence-corrected chi connectivity index (χ3v) is 5.37. The number of amides is 1. The van der Waals surface area contributed by atoms with Gasteiger partial charge in [0.1, 0.15) is 5.75 Å². The van der Waals surface area contributed by atoms with E-state index >= 15 is 0 Å². The Kier molecular flexibility index (Phi) is 7.32. The predicted octanol–water partition coefficient (Wildman–Crippen LogP) is 3.38. The van der Waals surface area contributed by atoms with E-state index in [0.717, 1.165) is 36.9 Å². The molecule has 1 N–H and O–H groups in total. The lowest BCUT2D eigenvalue weighted by Crippen LogP contribution is -2.41. The minimum absolute atomic E-state index is 0.0245. The van der Waals surface area contributed by atoms with Crippen LogP contribution in [0.1, 0.15) is 45.4 Å². The summed E-state index contributed by atoms with van der Waals surface area (Å²) in [6.45, 7) is 5.64. The van der Waals surface area contributed by atoms with Gasteiger partial charge in [-0.05, 0) is 43.9 Å². The van der Waals surface area contributed by atoms with E-state index in [1.54, 1.807) is 0 Å². The first-order valence-corrected chi connectivity index (χ1v) is 10.1. The quantitative estimate of drug-likeness (QED) is 0.686. The summed E-state index contributed by atoms with van der Waals surface area (Å²) in [5, 5.41) is 3.58. The van der Waals surface area contributed by atoms with Crippen molar-refractivity contribution < 1.29 is 14.3 Å². The smallest absolute Gasteiger partial charge is 0.265 e. The lowest BCUT2D eigenvalue weighted by Gasteiger charge is -2.31. The molecule has 0 spiro atoms. The lowest BCUT2D eigenvalue weighted by atomic mass is 9.88. The SMILES string of the molecule is CCCC[C@H]1CCN[C@@H](COCCCN2C(=O)COc3ccccc32)C1. The van der Waals surface area contributed by atoms with Crippen LogP contribution < -0.4 is 15.0 Å². The van der Waals surface area contributed by atoms with E-state index in [4.69, 9.17) is 9.47 Å². The van der Waals surface area contributed by atoms with E-state index in [0.29, 0.717) is 19.2 Å². The highest BCUT2D eigenvalue weighted by atomic mass is 16.5. The zero-order valence-electron chi connectivity index (χ0n) is 15.9. The number of benzene rings is 1. The van der Waals surface area contributed by atoms with Gasteiger partial charge in [0, 0.05) is 19.2 Å². The third kappa shape index (κ3) is 5.21. The maximum Gasteiger partial charge on any atom is 0.265 e. The summed E-state index contributed by atoms with van der Waals surface area (Å²) in [5.41, 5.74) is 0.872. The van der Waals surface area contributed by atoms with Crippen LogP contribution in [0.5, 0.6) is 5.75 Å². The van der Waals surface area contributed by atoms with Crippen LogP contribution >= 0.6 is 0 Å². The van der Waals surface area contributed by atoms with Crippen molar-refractivity contribution in [2.24, 2.45) is 5.92 Å². The Bertz CT molecular complexity index is 578. The molecule has 0 radical (unpaired) electrons. The van der Waals surface area contributed by atoms with Gasteiger partial charge in [0.25, 0.3) is 5.91 Å². The van der Waals surface area contributed by atoms with E-state index in [-0.39, 0.29) is 12.5 Å². The summed E-state index contributed by atoms with van der Waals surface area (Å²) in [7, 11) is 0. The fraction of sp³-hybridized carbons (Fsp3) is 0.667. The Labute approximate surface area is 157 Å². The summed E-state index contributed by atoms with van der Waals surface area (Å²) in [4.78, 5) is 14.0. The Morgan fingerprint density at radius 2 is 2.19 bits per heavy atom. The molecule has 2 aliphatic rings. The van der Waals surface area contributed by atoms with Gasteiger partial charge in [-0.2, -0.15) is 0 Å². The van der Waals surface area contributed by atoms with Crippen LogP contribution in [-0.2, 0) is 9.53 Å². The molecule has 0 saturated carbocycles. The molecule has 5 heteroatoms. The molecule has 5 nitrogen and oxygen atoms in total. The van der Waals surface area contributed by atoms with Gasteiger partial charge < -0.3 is 19.7 Å². The monoisotopic (exact) mass is 360 g/mol. The number of rotatable bonds is 9. The van der Waals surface area contributed by atoms with Crippen LogP contribution in [0.4, 0.5) is 5.69 Å². The van der Waals surface area contributed by atoms with E-state index in [1.807, 2.05) is 29.2 Å². The number of carbonyl (C=O) groups is 1. The van der Waals surface area contributed by atoms with E-state index in [1.165, 1.54) is 32.1 Å². The topological polar surface area (TPSA) is 50.8 Å². The number of ether oxygens (including phenoxy) is 2. The first-order chi connectivity index (χ1) is 12.8. The van der Waals surface area contributed by atoms with Crippen LogP contribution in [0.3, 0.4) is 0 Å². The standard InChI is InChI=1S/C21H32N2O3/c1-2-3-7-17-10-11-22-18(14-17)15-25-13-6-12-23-19-8-4-5-9-20(19)26-16-21(23)24/h4-5,8-9,17-18,22H,2-3,6-7,10-16H2,1H3/t17-,18+/m0/s1. The third-order valence-electron chi connectivity index (χ3n) is 5.37. The largest absolute Gasteiger partial charge is 0.482 e. The molecule has 26 heavy (non-hydrogen) atoms. The molecule has 144 valence electrons. The summed E-state index contributed by atoms with van der Waals surface area (Å²) >= 11 is 0. The molecule has 0 unspecified atom stereocenters. The average molecular weight is 360 g/mol. The van der Waals surface area contributed by atoms with Crippen molar-refractivity contribution in [1.29, 1.82) is 0 Å². The number of hydrogen-bond donors (Lipinski definition) is 1. The number of nitrogens with one attached hydrogen (secondary N) is 1. The maximum absolute atomic E-state index is 12.1. The molecule has 1 fully saturated rings. The van der Waals surface area contributed by atoms with Crippen LogP contribution in [0.15, 0.2) is 24.3 Å². The zero-order chi connectivity index (χ0) is 18.2. The van der Waals surface area contributed by atoms with Crippen molar-refractivity contribution in [3.8, 4) is 5.75 Å². The lowest BCUT2D eigenvalue weighted by molar-refractivity contribution is -0.121. The number of nitrogens with zero attached hydrogens (tertiary/aromatic N) is 1. The molecule has 0 aliphatic carbocycles. The summed E-state index contributed by atoms with van der Waals surface area (Å²) in [6, 6.07) is 8.20. The zero-order valence-corrected chi connectivity index (χ0v) is 15.9. The number of para-hydroxylation sites is 2. The Morgan fingerprint density at radius 3 is 3.08 bits per heavy atom. The Hall–Kier alpha value is -1.59. The molecule has 0 aromatic heterocycles. The number of fused-ring (bicyclic) bond motifs is 1. The number of hydrogen-bond acceptors (Lipinski definition) is 4. The summed E-state index contributed by atoms with van der Waals surface area (Å²) in [5.74, 6) is 1.67. The first-order valence-electron chi connectivity index (χ1n) is 10.1. The highest BCUT2D eigenvalue weighted by Gasteiger charge is 2.25. The van der Waals surface area contributed by atoms with Crippen molar-refractivity contribution in [1.82, 2.24) is 5.32 Å². The van der Waals surface area contributed by atoms with Crippen molar-refractivity contribution >= 4 is 11.6 Å². The second-order valence-corrected chi connectivity index (χ2v) is 7.41. The number of piperidine rings is 1. The second-order valence-electron chi connectivity index (χ2n) is 7.41. The number of anilines is 1. The van der Waals surface area contributed by atoms with Gasteiger partial charge in [0.05, 0.1) is 12.3 Å². The van der Waals surface area contributed by atoms with Crippen molar-refractivity contribution in [2.75, 3.05) is 37.8 Å². The molecule has 1 saturated heterocycles. The summed E-state index contributed by atoms with van der Waals surface area (Å²) < 4.78 is 11.4. The highest BCUT2D eigenvalue weighted by Crippen LogP contribution is 2.31. The fourth-order valence-corrected chi connectivity index (χ4v) is 3.93. The fourth-order valence-electron chi connectivity index (χ4n) is 3.93. The van der Waals surface area contributed by atoms with Crippen molar-refractivity contribution in [2.45, 2.75) is 51.5 Å². The average Bonchev–Trinajstić information content (AvgIpc) is 2.68. The van der Waals surface area contributed by atoms with E-state index in [2.05, 4.69) is 12.2 Å². The first kappa shape index (κ1) is 19.2. The molecular weight excluding hydrogens is 328 g/mol. The van der Waals surface area contributed by atoms with Gasteiger partial charge in [-0.25, -0.2) is 0 Å². The minimum Gasteiger partial charge on any atom is -0.482 e. The molecule has 0 bridgehead atoms. The van der Waals surface area contributed by atoms with Gasteiger partial charge in [-0.3, -0.25) is 4.79 Å². The van der Waals surface area contributed by atoms with Crippen molar-refractivity contribution in [3.63, 3.8) is 0 Å². The van der Waals surface area contributed by atoms with Gasteiger partial charge in [-0.1, -0.05) is 38.3 Å². The summed E-state index contributed by atoms with van der Waals surface area (Å²) in [6.07, 6.45) is 7.35. The number of carbonyl (C=O) groups excluding carboxylic acids is 1. The van der Waals surface area contributed by atoms with Crippen LogP contribution in [0.25, 0.3) is 0 Å². The van der Waals surface area contributed by atoms with Crippen LogP contribution in [0, 0.1) is 5.92 Å². The molecule has 1 aromatic carbocycles. The van der Waals surface area contributed by atoms with E-state index in [9.17, 15) is 4.79 Å². The molecule has 1 aromatic rings. The van der Waals surface area contributed by atoms with Crippen LogP contribution in [0.2, 0.25) is 0 Å². The predicted molar refractivity (Wildman–Crippen MR) is 104 cm³/mol. The molecule has 1 amide bonds. The van der Waals surface area contributed by atoms with Gasteiger partial charge in [0.2, 0.25) is 0 Å². The highest BCUT2D eigenvalue weighted by molar-refractivity contribution is 5.97. The van der Waals surface area contributed by atoms with Gasteiger partial charge >= 0.3 is 0 Å². The van der Waals surface area contributed by atoms with Crippen molar-refractivity contribution in [3.05, 3.63) is 24.3 Å². The van der Waals surface area contributed by atoms with Gasteiger partial charge in [-0.15, -0.1) is 0 Å². The Balaban J connectivity index is 1.36. The maximum atomic E-state index is 12.1. The minimum atomic E-state index is 0.0245. The molecule has 2 aliphatic heterocycles. The molecule has 2 atom stereocenters. The molecule has 3 rings (SSSR count). The van der Waals surface area contributed by atoms with Crippen LogP contribution in [-0.4, -0.2) is 44.9 Å². The number of unbranched alkanes of at least 4 members (excludes halogenated alkanes) is 1. The second kappa shape index (κ2) is 9.93.